The lowest BCUT2D eigenvalue weighted by Gasteiger charge is -2.30. The highest BCUT2D eigenvalue weighted by atomic mass is 79.9. The number of hydrogen-bond acceptors (Lipinski definition) is 2. The van der Waals surface area contributed by atoms with Gasteiger partial charge in [0.25, 0.3) is 5.91 Å². The fourth-order valence-electron chi connectivity index (χ4n) is 1.93. The molecule has 3 nitrogen and oxygen atoms in total. The smallest absolute Gasteiger partial charge is 0.255 e. The summed E-state index contributed by atoms with van der Waals surface area (Å²) in [6.07, 6.45) is 1.61. The lowest BCUT2D eigenvalue weighted by Crippen LogP contribution is -2.42. The van der Waals surface area contributed by atoms with Gasteiger partial charge in [0.05, 0.1) is 5.56 Å². The normalized spacial score (nSPS) is 17.2. The van der Waals surface area contributed by atoms with Crippen LogP contribution in [-0.4, -0.2) is 29.9 Å². The van der Waals surface area contributed by atoms with Crippen molar-refractivity contribution in [3.8, 4) is 0 Å². The zero-order valence-corrected chi connectivity index (χ0v) is 10.9. The summed E-state index contributed by atoms with van der Waals surface area (Å²) in [5, 5.41) is 0. The Morgan fingerprint density at radius 1 is 1.41 bits per heavy atom. The van der Waals surface area contributed by atoms with Gasteiger partial charge < -0.3 is 10.6 Å². The SMILES string of the molecule is NC1CCN(C(=O)c2cc(F)ccc2Br)CC1. The summed E-state index contributed by atoms with van der Waals surface area (Å²) in [5.41, 5.74) is 6.16. The summed E-state index contributed by atoms with van der Waals surface area (Å²) in [6, 6.07) is 4.32. The summed E-state index contributed by atoms with van der Waals surface area (Å²) >= 11 is 3.27. The number of piperidine rings is 1. The first kappa shape index (κ1) is 12.5. The lowest BCUT2D eigenvalue weighted by atomic mass is 10.0. The third-order valence-corrected chi connectivity index (χ3v) is 3.68. The number of rotatable bonds is 1. The first-order valence-corrected chi connectivity index (χ1v) is 6.37. The summed E-state index contributed by atoms with van der Waals surface area (Å²) < 4.78 is 13.7. The Kier molecular flexibility index (Phi) is 3.79. The second kappa shape index (κ2) is 5.14. The molecule has 1 aliphatic heterocycles. The fraction of sp³-hybridized carbons (Fsp3) is 0.417. The standard InChI is InChI=1S/C12H14BrFN2O/c13-11-2-1-8(14)7-10(11)12(17)16-5-3-9(15)4-6-16/h1-2,7,9H,3-6,15H2. The van der Waals surface area contributed by atoms with Crippen LogP contribution in [0.5, 0.6) is 0 Å². The molecule has 92 valence electrons. The number of carbonyl (C=O) groups is 1. The van der Waals surface area contributed by atoms with E-state index in [1.807, 2.05) is 0 Å². The van der Waals surface area contributed by atoms with Crippen LogP contribution in [0.4, 0.5) is 4.39 Å². The summed E-state index contributed by atoms with van der Waals surface area (Å²) in [7, 11) is 0. The molecule has 0 saturated carbocycles. The zero-order chi connectivity index (χ0) is 12.4. The molecule has 1 saturated heterocycles. The number of likely N-dealkylation sites (tertiary alicyclic amines) is 1. The third-order valence-electron chi connectivity index (χ3n) is 2.99. The maximum Gasteiger partial charge on any atom is 0.255 e. The predicted octanol–water partition coefficient (Wildman–Crippen LogP) is 2.15. The Morgan fingerprint density at radius 2 is 2.06 bits per heavy atom. The van der Waals surface area contributed by atoms with E-state index >= 15 is 0 Å². The molecule has 0 aromatic heterocycles. The van der Waals surface area contributed by atoms with Crippen molar-refractivity contribution in [1.82, 2.24) is 4.90 Å². The highest BCUT2D eigenvalue weighted by molar-refractivity contribution is 9.10. The minimum Gasteiger partial charge on any atom is -0.338 e. The predicted molar refractivity (Wildman–Crippen MR) is 67.2 cm³/mol. The van der Waals surface area contributed by atoms with Crippen LogP contribution in [-0.2, 0) is 0 Å². The second-order valence-electron chi connectivity index (χ2n) is 4.25. The van der Waals surface area contributed by atoms with Crippen molar-refractivity contribution in [1.29, 1.82) is 0 Å². The van der Waals surface area contributed by atoms with Crippen molar-refractivity contribution in [3.05, 3.63) is 34.1 Å². The van der Waals surface area contributed by atoms with Crippen LogP contribution in [0.3, 0.4) is 0 Å². The average Bonchev–Trinajstić information content (AvgIpc) is 2.32. The Morgan fingerprint density at radius 3 is 2.71 bits per heavy atom. The minimum absolute atomic E-state index is 0.136. The van der Waals surface area contributed by atoms with Gasteiger partial charge in [-0.1, -0.05) is 0 Å². The van der Waals surface area contributed by atoms with Crippen LogP contribution in [0, 0.1) is 5.82 Å². The molecule has 1 aromatic rings. The fourth-order valence-corrected chi connectivity index (χ4v) is 2.35. The number of amides is 1. The molecule has 5 heteroatoms. The van der Waals surface area contributed by atoms with Crippen LogP contribution in [0.2, 0.25) is 0 Å². The van der Waals surface area contributed by atoms with Crippen LogP contribution in [0.15, 0.2) is 22.7 Å². The number of nitrogens with zero attached hydrogens (tertiary/aromatic N) is 1. The van der Waals surface area contributed by atoms with Crippen LogP contribution in [0.25, 0.3) is 0 Å². The molecule has 1 amide bonds. The van der Waals surface area contributed by atoms with Gasteiger partial charge in [-0.15, -0.1) is 0 Å². The van der Waals surface area contributed by atoms with E-state index in [0.717, 1.165) is 12.8 Å². The second-order valence-corrected chi connectivity index (χ2v) is 5.11. The van der Waals surface area contributed by atoms with E-state index in [2.05, 4.69) is 15.9 Å². The van der Waals surface area contributed by atoms with Crippen LogP contribution in [0.1, 0.15) is 23.2 Å². The molecule has 2 N–H and O–H groups in total. The van der Waals surface area contributed by atoms with Gasteiger partial charge in [0.15, 0.2) is 0 Å². The molecule has 0 unspecified atom stereocenters. The maximum atomic E-state index is 13.1. The molecular weight excluding hydrogens is 287 g/mol. The molecule has 0 atom stereocenters. The Bertz CT molecular complexity index is 431. The molecule has 0 bridgehead atoms. The molecule has 17 heavy (non-hydrogen) atoms. The van der Waals surface area contributed by atoms with E-state index in [9.17, 15) is 9.18 Å². The topological polar surface area (TPSA) is 46.3 Å². The van der Waals surface area contributed by atoms with Gasteiger partial charge in [0, 0.05) is 23.6 Å². The molecule has 0 radical (unpaired) electrons. The van der Waals surface area contributed by atoms with E-state index < -0.39 is 5.82 Å². The van der Waals surface area contributed by atoms with Gasteiger partial charge in [-0.2, -0.15) is 0 Å². The Balaban J connectivity index is 2.16. The van der Waals surface area contributed by atoms with Crippen molar-refractivity contribution >= 4 is 21.8 Å². The van der Waals surface area contributed by atoms with Crippen molar-refractivity contribution in [2.24, 2.45) is 5.73 Å². The molecule has 1 heterocycles. The summed E-state index contributed by atoms with van der Waals surface area (Å²) in [6.45, 7) is 1.28. The monoisotopic (exact) mass is 300 g/mol. The van der Waals surface area contributed by atoms with Crippen molar-refractivity contribution in [2.75, 3.05) is 13.1 Å². The molecule has 0 aliphatic carbocycles. The van der Waals surface area contributed by atoms with Gasteiger partial charge in [-0.3, -0.25) is 4.79 Å². The first-order chi connectivity index (χ1) is 8.08. The summed E-state index contributed by atoms with van der Waals surface area (Å²) in [5.74, 6) is -0.534. The largest absolute Gasteiger partial charge is 0.338 e. The molecule has 1 aliphatic rings. The van der Waals surface area contributed by atoms with E-state index in [1.165, 1.54) is 12.1 Å². The Hall–Kier alpha value is -0.940. The van der Waals surface area contributed by atoms with Gasteiger partial charge >= 0.3 is 0 Å². The van der Waals surface area contributed by atoms with E-state index in [-0.39, 0.29) is 11.9 Å². The van der Waals surface area contributed by atoms with E-state index in [4.69, 9.17) is 5.73 Å². The van der Waals surface area contributed by atoms with Crippen LogP contribution < -0.4 is 5.73 Å². The molecule has 1 aromatic carbocycles. The molecule has 0 spiro atoms. The van der Waals surface area contributed by atoms with Gasteiger partial charge in [0.1, 0.15) is 5.82 Å². The highest BCUT2D eigenvalue weighted by Gasteiger charge is 2.23. The van der Waals surface area contributed by atoms with Crippen molar-refractivity contribution < 1.29 is 9.18 Å². The molecular formula is C12H14BrFN2O. The average molecular weight is 301 g/mol. The highest BCUT2D eigenvalue weighted by Crippen LogP contribution is 2.21. The molecule has 2 rings (SSSR count). The molecule has 1 fully saturated rings. The summed E-state index contributed by atoms with van der Waals surface area (Å²) in [4.78, 5) is 13.9. The maximum absolute atomic E-state index is 13.1. The van der Waals surface area contributed by atoms with E-state index in [0.29, 0.717) is 23.1 Å². The van der Waals surface area contributed by atoms with Crippen molar-refractivity contribution in [2.45, 2.75) is 18.9 Å². The number of carbonyl (C=O) groups excluding carboxylic acids is 1. The van der Waals surface area contributed by atoms with Gasteiger partial charge in [0.2, 0.25) is 0 Å². The lowest BCUT2D eigenvalue weighted by molar-refractivity contribution is 0.0713. The zero-order valence-electron chi connectivity index (χ0n) is 9.33. The number of benzene rings is 1. The van der Waals surface area contributed by atoms with Crippen molar-refractivity contribution in [3.63, 3.8) is 0 Å². The van der Waals surface area contributed by atoms with Gasteiger partial charge in [-0.05, 0) is 47.0 Å². The Labute approximate surface area is 108 Å². The number of hydrogen-bond donors (Lipinski definition) is 1. The van der Waals surface area contributed by atoms with E-state index in [1.54, 1.807) is 11.0 Å². The number of nitrogens with two attached hydrogens (primary N) is 1. The van der Waals surface area contributed by atoms with Gasteiger partial charge in [-0.25, -0.2) is 4.39 Å². The third kappa shape index (κ3) is 2.84. The minimum atomic E-state index is -0.398. The quantitative estimate of drug-likeness (QED) is 0.864. The first-order valence-electron chi connectivity index (χ1n) is 5.58. The van der Waals surface area contributed by atoms with Crippen LogP contribution >= 0.6 is 15.9 Å². The number of halogens is 2.